The molecular formula is C16H16N2O6. The molecule has 0 bridgehead atoms. The van der Waals surface area contributed by atoms with Crippen molar-refractivity contribution in [2.24, 2.45) is 0 Å². The average Bonchev–Trinajstić information content (AvgIpc) is 2.60. The standard InChI is InChI=1S/C16H16N2O6/c1-22-13-8-11(9-14(23-2)15(13)24-3)17-16(19)10-5-4-6-12(7-10)18(20)21/h4-9H,1-3H3,(H,17,19). The van der Waals surface area contributed by atoms with E-state index in [9.17, 15) is 14.9 Å². The van der Waals surface area contributed by atoms with E-state index in [2.05, 4.69) is 5.32 Å². The number of nitrogens with zero attached hydrogens (tertiary/aromatic N) is 1. The van der Waals surface area contributed by atoms with Crippen LogP contribution in [0.1, 0.15) is 10.4 Å². The van der Waals surface area contributed by atoms with Crippen LogP contribution in [0.3, 0.4) is 0 Å². The Morgan fingerprint density at radius 3 is 2.17 bits per heavy atom. The summed E-state index contributed by atoms with van der Waals surface area (Å²) in [4.78, 5) is 22.5. The molecule has 2 aromatic carbocycles. The number of nitro groups is 1. The largest absolute Gasteiger partial charge is 0.493 e. The number of hydrogen-bond donors (Lipinski definition) is 1. The summed E-state index contributed by atoms with van der Waals surface area (Å²) in [6, 6.07) is 8.58. The summed E-state index contributed by atoms with van der Waals surface area (Å²) < 4.78 is 15.6. The zero-order valence-corrected chi connectivity index (χ0v) is 13.4. The summed E-state index contributed by atoms with van der Waals surface area (Å²) in [5.74, 6) is 0.665. The Morgan fingerprint density at radius 1 is 1.04 bits per heavy atom. The predicted octanol–water partition coefficient (Wildman–Crippen LogP) is 2.87. The monoisotopic (exact) mass is 332 g/mol. The summed E-state index contributed by atoms with van der Waals surface area (Å²) in [7, 11) is 4.40. The average molecular weight is 332 g/mol. The van der Waals surface area contributed by atoms with Crippen molar-refractivity contribution in [1.29, 1.82) is 0 Å². The first-order chi connectivity index (χ1) is 11.5. The van der Waals surface area contributed by atoms with Gasteiger partial charge < -0.3 is 19.5 Å². The van der Waals surface area contributed by atoms with Crippen LogP contribution in [0.15, 0.2) is 36.4 Å². The molecule has 0 fully saturated rings. The van der Waals surface area contributed by atoms with Gasteiger partial charge in [0.15, 0.2) is 11.5 Å². The van der Waals surface area contributed by atoms with Gasteiger partial charge in [-0.05, 0) is 6.07 Å². The van der Waals surface area contributed by atoms with E-state index in [1.54, 1.807) is 12.1 Å². The third kappa shape index (κ3) is 3.54. The van der Waals surface area contributed by atoms with E-state index in [0.29, 0.717) is 22.9 Å². The number of carbonyl (C=O) groups is 1. The molecule has 1 N–H and O–H groups in total. The van der Waals surface area contributed by atoms with Gasteiger partial charge in [0.2, 0.25) is 5.75 Å². The third-order valence-corrected chi connectivity index (χ3v) is 3.24. The molecule has 0 unspecified atom stereocenters. The lowest BCUT2D eigenvalue weighted by atomic mass is 10.2. The van der Waals surface area contributed by atoms with Gasteiger partial charge in [0.1, 0.15) is 0 Å². The van der Waals surface area contributed by atoms with Gasteiger partial charge in [-0.15, -0.1) is 0 Å². The van der Waals surface area contributed by atoms with Crippen molar-refractivity contribution >= 4 is 17.3 Å². The van der Waals surface area contributed by atoms with Crippen molar-refractivity contribution in [3.05, 3.63) is 52.1 Å². The summed E-state index contributed by atoms with van der Waals surface area (Å²) in [5.41, 5.74) is 0.409. The Hall–Kier alpha value is -3.29. The van der Waals surface area contributed by atoms with Gasteiger partial charge in [0.25, 0.3) is 11.6 Å². The maximum absolute atomic E-state index is 12.3. The molecule has 8 nitrogen and oxygen atoms in total. The maximum atomic E-state index is 12.3. The number of carbonyl (C=O) groups excluding carboxylic acids is 1. The molecule has 0 aliphatic carbocycles. The molecule has 0 heterocycles. The van der Waals surface area contributed by atoms with Crippen LogP contribution in [-0.2, 0) is 0 Å². The molecule has 0 spiro atoms. The normalized spacial score (nSPS) is 9.96. The van der Waals surface area contributed by atoms with Crippen LogP contribution < -0.4 is 19.5 Å². The smallest absolute Gasteiger partial charge is 0.270 e. The molecule has 0 aromatic heterocycles. The molecule has 0 aliphatic rings. The van der Waals surface area contributed by atoms with Gasteiger partial charge in [-0.25, -0.2) is 0 Å². The Labute approximate surface area is 138 Å². The lowest BCUT2D eigenvalue weighted by Gasteiger charge is -2.14. The molecule has 2 aromatic rings. The number of methoxy groups -OCH3 is 3. The van der Waals surface area contributed by atoms with Crippen LogP contribution in [-0.4, -0.2) is 32.2 Å². The Balaban J connectivity index is 2.32. The fraction of sp³-hybridized carbons (Fsp3) is 0.188. The topological polar surface area (TPSA) is 99.9 Å². The van der Waals surface area contributed by atoms with Crippen molar-refractivity contribution in [3.63, 3.8) is 0 Å². The number of ether oxygens (including phenoxy) is 3. The molecule has 2 rings (SSSR count). The zero-order chi connectivity index (χ0) is 17.7. The van der Waals surface area contributed by atoms with Crippen LogP contribution in [0.4, 0.5) is 11.4 Å². The van der Waals surface area contributed by atoms with Crippen molar-refractivity contribution in [2.75, 3.05) is 26.6 Å². The molecule has 0 aliphatic heterocycles. The fourth-order valence-electron chi connectivity index (χ4n) is 2.12. The number of non-ortho nitro benzene ring substituents is 1. The maximum Gasteiger partial charge on any atom is 0.270 e. The van der Waals surface area contributed by atoms with Crippen molar-refractivity contribution in [2.45, 2.75) is 0 Å². The lowest BCUT2D eigenvalue weighted by Crippen LogP contribution is -2.12. The number of hydrogen-bond acceptors (Lipinski definition) is 6. The van der Waals surface area contributed by atoms with E-state index >= 15 is 0 Å². The first-order valence-corrected chi connectivity index (χ1v) is 6.86. The minimum atomic E-state index is -0.559. The molecule has 24 heavy (non-hydrogen) atoms. The number of nitro benzene ring substituents is 1. The van der Waals surface area contributed by atoms with Gasteiger partial charge in [-0.1, -0.05) is 6.07 Å². The van der Waals surface area contributed by atoms with E-state index in [1.165, 1.54) is 45.6 Å². The first-order valence-electron chi connectivity index (χ1n) is 6.86. The minimum Gasteiger partial charge on any atom is -0.493 e. The quantitative estimate of drug-likeness (QED) is 0.645. The van der Waals surface area contributed by atoms with Crippen molar-refractivity contribution in [3.8, 4) is 17.2 Å². The molecule has 0 radical (unpaired) electrons. The highest BCUT2D eigenvalue weighted by Gasteiger charge is 2.16. The van der Waals surface area contributed by atoms with Gasteiger partial charge >= 0.3 is 0 Å². The zero-order valence-electron chi connectivity index (χ0n) is 13.4. The SMILES string of the molecule is COc1cc(NC(=O)c2cccc([N+](=O)[O-])c2)cc(OC)c1OC. The van der Waals surface area contributed by atoms with Gasteiger partial charge in [0.05, 0.1) is 26.3 Å². The summed E-state index contributed by atoms with van der Waals surface area (Å²) >= 11 is 0. The molecule has 0 atom stereocenters. The van der Waals surface area contributed by atoms with Crippen LogP contribution >= 0.6 is 0 Å². The second-order valence-corrected chi connectivity index (χ2v) is 4.68. The molecule has 8 heteroatoms. The highest BCUT2D eigenvalue weighted by Crippen LogP contribution is 2.40. The van der Waals surface area contributed by atoms with E-state index in [-0.39, 0.29) is 11.3 Å². The summed E-state index contributed by atoms with van der Waals surface area (Å²) in [6.07, 6.45) is 0. The van der Waals surface area contributed by atoms with Gasteiger partial charge in [-0.2, -0.15) is 0 Å². The van der Waals surface area contributed by atoms with E-state index in [1.807, 2.05) is 0 Å². The number of benzene rings is 2. The Bertz CT molecular complexity index is 750. The first kappa shape index (κ1) is 17.1. The molecular weight excluding hydrogens is 316 g/mol. The van der Waals surface area contributed by atoms with Gasteiger partial charge in [-0.3, -0.25) is 14.9 Å². The van der Waals surface area contributed by atoms with Crippen molar-refractivity contribution in [1.82, 2.24) is 0 Å². The lowest BCUT2D eigenvalue weighted by molar-refractivity contribution is -0.384. The van der Waals surface area contributed by atoms with Crippen LogP contribution in [0, 0.1) is 10.1 Å². The molecule has 0 saturated carbocycles. The number of anilines is 1. The fourth-order valence-corrected chi connectivity index (χ4v) is 2.12. The number of rotatable bonds is 6. The number of nitrogens with one attached hydrogen (secondary N) is 1. The van der Waals surface area contributed by atoms with Crippen LogP contribution in [0.5, 0.6) is 17.2 Å². The molecule has 126 valence electrons. The van der Waals surface area contributed by atoms with E-state index in [4.69, 9.17) is 14.2 Å². The van der Waals surface area contributed by atoms with E-state index < -0.39 is 10.8 Å². The number of amides is 1. The van der Waals surface area contributed by atoms with Gasteiger partial charge in [0, 0.05) is 35.5 Å². The summed E-state index contributed by atoms with van der Waals surface area (Å²) in [6.45, 7) is 0. The highest BCUT2D eigenvalue weighted by molar-refractivity contribution is 6.04. The second kappa shape index (κ2) is 7.32. The molecule has 0 saturated heterocycles. The van der Waals surface area contributed by atoms with Crippen LogP contribution in [0.25, 0.3) is 0 Å². The third-order valence-electron chi connectivity index (χ3n) is 3.24. The Kier molecular flexibility index (Phi) is 5.20. The predicted molar refractivity (Wildman–Crippen MR) is 87.1 cm³/mol. The van der Waals surface area contributed by atoms with Crippen LogP contribution in [0.2, 0.25) is 0 Å². The minimum absolute atomic E-state index is 0.160. The summed E-state index contributed by atoms with van der Waals surface area (Å²) in [5, 5.41) is 13.4. The molecule has 1 amide bonds. The van der Waals surface area contributed by atoms with E-state index in [0.717, 1.165) is 0 Å². The second-order valence-electron chi connectivity index (χ2n) is 4.68. The Morgan fingerprint density at radius 2 is 1.67 bits per heavy atom. The highest BCUT2D eigenvalue weighted by atomic mass is 16.6. The van der Waals surface area contributed by atoms with Crippen molar-refractivity contribution < 1.29 is 23.9 Å².